The highest BCUT2D eigenvalue weighted by Gasteiger charge is 2.08. The number of nitrogens with one attached hydrogen (secondary N) is 1. The van der Waals surface area contributed by atoms with Gasteiger partial charge in [-0.25, -0.2) is 0 Å². The maximum atomic E-state index is 6.00. The number of benzene rings is 2. The van der Waals surface area contributed by atoms with Crippen molar-refractivity contribution in [2.24, 2.45) is 0 Å². The summed E-state index contributed by atoms with van der Waals surface area (Å²) in [6.07, 6.45) is 1.72. The molecule has 0 spiro atoms. The lowest BCUT2D eigenvalue weighted by molar-refractivity contribution is 0.305. The second-order valence-electron chi connectivity index (χ2n) is 4.92. The minimum absolute atomic E-state index is 0.519. The van der Waals surface area contributed by atoms with E-state index in [2.05, 4.69) is 30.4 Å². The molecule has 108 valence electrons. The Morgan fingerprint density at radius 1 is 1.05 bits per heavy atom. The molecule has 0 unspecified atom stereocenters. The van der Waals surface area contributed by atoms with E-state index in [9.17, 15) is 0 Å². The average molecular weight is 281 g/mol. The Morgan fingerprint density at radius 3 is 2.81 bits per heavy atom. The standard InChI is InChI=1S/C18H19NO2/c1-2-19-12-18-15(10-11-20-18)13-21-17-9-5-7-14-6-3-4-8-16(14)17/h3-11,19H,2,12-13H2,1H3. The first-order chi connectivity index (χ1) is 10.4. The van der Waals surface area contributed by atoms with Crippen molar-refractivity contribution in [3.8, 4) is 5.75 Å². The Labute approximate surface area is 124 Å². The summed E-state index contributed by atoms with van der Waals surface area (Å²) in [6.45, 7) is 4.25. The number of rotatable bonds is 6. The number of hydrogen-bond acceptors (Lipinski definition) is 3. The van der Waals surface area contributed by atoms with Crippen LogP contribution >= 0.6 is 0 Å². The van der Waals surface area contributed by atoms with Gasteiger partial charge in [0.1, 0.15) is 18.1 Å². The summed E-state index contributed by atoms with van der Waals surface area (Å²) in [7, 11) is 0. The van der Waals surface area contributed by atoms with Crippen LogP contribution in [0.25, 0.3) is 10.8 Å². The molecule has 0 aliphatic carbocycles. The van der Waals surface area contributed by atoms with Crippen molar-refractivity contribution in [3.05, 3.63) is 66.1 Å². The molecule has 0 saturated heterocycles. The van der Waals surface area contributed by atoms with Gasteiger partial charge in [0.15, 0.2) is 0 Å². The van der Waals surface area contributed by atoms with E-state index in [-0.39, 0.29) is 0 Å². The maximum Gasteiger partial charge on any atom is 0.127 e. The van der Waals surface area contributed by atoms with Crippen LogP contribution in [0.4, 0.5) is 0 Å². The van der Waals surface area contributed by atoms with E-state index in [4.69, 9.17) is 9.15 Å². The SMILES string of the molecule is CCNCc1occc1COc1cccc2ccccc12. The van der Waals surface area contributed by atoms with Gasteiger partial charge in [0.05, 0.1) is 12.8 Å². The van der Waals surface area contributed by atoms with E-state index in [1.165, 1.54) is 5.39 Å². The zero-order valence-electron chi connectivity index (χ0n) is 12.1. The van der Waals surface area contributed by atoms with Crippen molar-refractivity contribution in [1.82, 2.24) is 5.32 Å². The molecule has 0 saturated carbocycles. The van der Waals surface area contributed by atoms with Gasteiger partial charge < -0.3 is 14.5 Å². The molecule has 21 heavy (non-hydrogen) atoms. The highest BCUT2D eigenvalue weighted by Crippen LogP contribution is 2.26. The summed E-state index contributed by atoms with van der Waals surface area (Å²) >= 11 is 0. The van der Waals surface area contributed by atoms with Crippen LogP contribution in [0.5, 0.6) is 5.75 Å². The fourth-order valence-corrected chi connectivity index (χ4v) is 2.37. The van der Waals surface area contributed by atoms with Crippen molar-refractivity contribution in [2.75, 3.05) is 6.54 Å². The fraction of sp³-hybridized carbons (Fsp3) is 0.222. The average Bonchev–Trinajstić information content (AvgIpc) is 2.98. The predicted octanol–water partition coefficient (Wildman–Crippen LogP) is 4.12. The van der Waals surface area contributed by atoms with Gasteiger partial charge >= 0.3 is 0 Å². The zero-order chi connectivity index (χ0) is 14.5. The number of ether oxygens (including phenoxy) is 1. The molecule has 2 aromatic carbocycles. The quantitative estimate of drug-likeness (QED) is 0.738. The van der Waals surface area contributed by atoms with Crippen molar-refractivity contribution in [1.29, 1.82) is 0 Å². The summed E-state index contributed by atoms with van der Waals surface area (Å²) in [5.74, 6) is 1.85. The van der Waals surface area contributed by atoms with Gasteiger partial charge in [0.2, 0.25) is 0 Å². The topological polar surface area (TPSA) is 34.4 Å². The molecule has 0 radical (unpaired) electrons. The molecule has 0 amide bonds. The van der Waals surface area contributed by atoms with Crippen LogP contribution in [0.3, 0.4) is 0 Å². The first-order valence-corrected chi connectivity index (χ1v) is 7.25. The van der Waals surface area contributed by atoms with Gasteiger partial charge in [0, 0.05) is 10.9 Å². The molecule has 1 N–H and O–H groups in total. The second-order valence-corrected chi connectivity index (χ2v) is 4.92. The molecule has 3 heteroatoms. The smallest absolute Gasteiger partial charge is 0.127 e. The van der Waals surface area contributed by atoms with E-state index >= 15 is 0 Å². The highest BCUT2D eigenvalue weighted by atomic mass is 16.5. The van der Waals surface area contributed by atoms with Gasteiger partial charge in [-0.3, -0.25) is 0 Å². The summed E-state index contributed by atoms with van der Waals surface area (Å²) in [6, 6.07) is 16.3. The summed E-state index contributed by atoms with van der Waals surface area (Å²) in [4.78, 5) is 0. The number of furan rings is 1. The number of fused-ring (bicyclic) bond motifs is 1. The molecule has 0 fully saturated rings. The van der Waals surface area contributed by atoms with Crippen molar-refractivity contribution < 1.29 is 9.15 Å². The lowest BCUT2D eigenvalue weighted by Crippen LogP contribution is -2.12. The second kappa shape index (κ2) is 6.46. The van der Waals surface area contributed by atoms with Crippen LogP contribution in [0.15, 0.2) is 59.2 Å². The molecule has 0 aliphatic heterocycles. The molecular formula is C18H19NO2. The third-order valence-corrected chi connectivity index (χ3v) is 3.51. The van der Waals surface area contributed by atoms with E-state index in [1.54, 1.807) is 6.26 Å². The van der Waals surface area contributed by atoms with E-state index in [0.29, 0.717) is 6.61 Å². The lowest BCUT2D eigenvalue weighted by Gasteiger charge is -2.09. The fourth-order valence-electron chi connectivity index (χ4n) is 2.37. The van der Waals surface area contributed by atoms with Gasteiger partial charge in [0.25, 0.3) is 0 Å². The largest absolute Gasteiger partial charge is 0.488 e. The van der Waals surface area contributed by atoms with Gasteiger partial charge in [-0.1, -0.05) is 43.3 Å². The van der Waals surface area contributed by atoms with E-state index < -0.39 is 0 Å². The molecule has 0 aliphatic rings. The third kappa shape index (κ3) is 3.09. The minimum Gasteiger partial charge on any atom is -0.488 e. The molecule has 1 heterocycles. The van der Waals surface area contributed by atoms with Crippen LogP contribution in [-0.2, 0) is 13.2 Å². The Hall–Kier alpha value is -2.26. The monoisotopic (exact) mass is 281 g/mol. The molecule has 3 aromatic rings. The normalized spacial score (nSPS) is 10.9. The molecule has 0 bridgehead atoms. The van der Waals surface area contributed by atoms with Gasteiger partial charge in [-0.2, -0.15) is 0 Å². The number of hydrogen-bond donors (Lipinski definition) is 1. The minimum atomic E-state index is 0.519. The Balaban J connectivity index is 1.76. The van der Waals surface area contributed by atoms with Crippen LogP contribution in [0, 0.1) is 0 Å². The predicted molar refractivity (Wildman–Crippen MR) is 84.4 cm³/mol. The van der Waals surface area contributed by atoms with Gasteiger partial charge in [-0.05, 0) is 24.1 Å². The van der Waals surface area contributed by atoms with Crippen LogP contribution in [0.1, 0.15) is 18.2 Å². The molecule has 0 atom stereocenters. The van der Waals surface area contributed by atoms with Crippen molar-refractivity contribution in [2.45, 2.75) is 20.1 Å². The van der Waals surface area contributed by atoms with E-state index in [0.717, 1.165) is 35.5 Å². The summed E-state index contributed by atoms with van der Waals surface area (Å²) in [5, 5.41) is 5.60. The molecule has 1 aromatic heterocycles. The lowest BCUT2D eigenvalue weighted by atomic mass is 10.1. The summed E-state index contributed by atoms with van der Waals surface area (Å²) < 4.78 is 11.5. The first-order valence-electron chi connectivity index (χ1n) is 7.25. The van der Waals surface area contributed by atoms with Crippen LogP contribution in [0.2, 0.25) is 0 Å². The van der Waals surface area contributed by atoms with Crippen LogP contribution in [-0.4, -0.2) is 6.54 Å². The Kier molecular flexibility index (Phi) is 4.22. The van der Waals surface area contributed by atoms with Crippen LogP contribution < -0.4 is 10.1 Å². The van der Waals surface area contributed by atoms with Crippen molar-refractivity contribution in [3.63, 3.8) is 0 Å². The Morgan fingerprint density at radius 2 is 1.90 bits per heavy atom. The summed E-state index contributed by atoms with van der Waals surface area (Å²) in [5.41, 5.74) is 1.09. The first kappa shape index (κ1) is 13.7. The molecule has 3 rings (SSSR count). The van der Waals surface area contributed by atoms with E-state index in [1.807, 2.05) is 30.3 Å². The Bertz CT molecular complexity index is 713. The van der Waals surface area contributed by atoms with Crippen molar-refractivity contribution >= 4 is 10.8 Å². The zero-order valence-corrected chi connectivity index (χ0v) is 12.1. The third-order valence-electron chi connectivity index (χ3n) is 3.51. The molecular weight excluding hydrogens is 262 g/mol. The highest BCUT2D eigenvalue weighted by molar-refractivity contribution is 5.88. The maximum absolute atomic E-state index is 6.00. The molecule has 3 nitrogen and oxygen atoms in total. The van der Waals surface area contributed by atoms with Gasteiger partial charge in [-0.15, -0.1) is 0 Å².